The van der Waals surface area contributed by atoms with Gasteiger partial charge in [-0.25, -0.2) is 0 Å². The third-order valence-electron chi connectivity index (χ3n) is 6.11. The predicted octanol–water partition coefficient (Wildman–Crippen LogP) is 3.69. The Kier molecular flexibility index (Phi) is 6.16. The summed E-state index contributed by atoms with van der Waals surface area (Å²) in [6.07, 6.45) is 6.90. The van der Waals surface area contributed by atoms with Crippen LogP contribution in [0, 0.1) is 0 Å². The highest BCUT2D eigenvalue weighted by molar-refractivity contribution is 5.94. The third kappa shape index (κ3) is 4.67. The van der Waals surface area contributed by atoms with Crippen LogP contribution in [0.25, 0.3) is 0 Å². The smallest absolute Gasteiger partial charge is 0.275 e. The number of aromatic amines is 1. The molecular formula is C25H28N4O3. The summed E-state index contributed by atoms with van der Waals surface area (Å²) in [6, 6.07) is 13.7. The average molecular weight is 433 g/mol. The minimum Gasteiger partial charge on any atom is -0.488 e. The Morgan fingerprint density at radius 1 is 1.12 bits per heavy atom. The molecule has 32 heavy (non-hydrogen) atoms. The van der Waals surface area contributed by atoms with Crippen molar-refractivity contribution in [1.82, 2.24) is 20.1 Å². The highest BCUT2D eigenvalue weighted by Crippen LogP contribution is 2.25. The van der Waals surface area contributed by atoms with E-state index in [1.165, 1.54) is 0 Å². The van der Waals surface area contributed by atoms with E-state index in [0.29, 0.717) is 25.4 Å². The Balaban J connectivity index is 1.35. The van der Waals surface area contributed by atoms with Crippen molar-refractivity contribution in [2.45, 2.75) is 51.3 Å². The van der Waals surface area contributed by atoms with Crippen molar-refractivity contribution in [3.8, 4) is 5.75 Å². The number of pyridine rings is 1. The first-order valence-corrected chi connectivity index (χ1v) is 11.3. The number of nitrogens with zero attached hydrogens (tertiary/aromatic N) is 3. The van der Waals surface area contributed by atoms with Crippen LogP contribution in [0.5, 0.6) is 5.75 Å². The molecule has 1 fully saturated rings. The van der Waals surface area contributed by atoms with Gasteiger partial charge in [0, 0.05) is 30.4 Å². The Hall–Kier alpha value is -3.19. The molecule has 0 unspecified atom stereocenters. The number of hydrogen-bond donors (Lipinski definition) is 1. The summed E-state index contributed by atoms with van der Waals surface area (Å²) in [4.78, 5) is 19.8. The lowest BCUT2D eigenvalue weighted by Gasteiger charge is -2.23. The summed E-state index contributed by atoms with van der Waals surface area (Å²) < 4.78 is 11.3. The van der Waals surface area contributed by atoms with Crippen molar-refractivity contribution in [2.24, 2.45) is 0 Å². The van der Waals surface area contributed by atoms with Crippen LogP contribution in [0.4, 0.5) is 0 Å². The topological polar surface area (TPSA) is 80.3 Å². The minimum absolute atomic E-state index is 0.0570. The zero-order valence-electron chi connectivity index (χ0n) is 18.1. The number of aryl methyl sites for hydroxylation is 1. The van der Waals surface area contributed by atoms with E-state index < -0.39 is 0 Å². The molecule has 2 aliphatic rings. The number of aromatic nitrogens is 3. The number of fused-ring (bicyclic) bond motifs is 1. The Morgan fingerprint density at radius 3 is 2.78 bits per heavy atom. The molecule has 1 saturated heterocycles. The van der Waals surface area contributed by atoms with Crippen molar-refractivity contribution >= 4 is 5.91 Å². The van der Waals surface area contributed by atoms with E-state index in [0.717, 1.165) is 67.0 Å². The lowest BCUT2D eigenvalue weighted by molar-refractivity contribution is 0.0720. The number of amides is 1. The standard InChI is InChI=1S/C25H28N4O3/c30-25(24-22-6-1-2-7-23(22)27-28-24)29(16-19-5-3-4-13-26-19)15-18-8-10-20(11-9-18)32-21-12-14-31-17-21/h3-5,8-11,13,21H,1-2,6-7,12,14-17H2,(H,27,28)/t21-/m1/s1. The number of carbonyl (C=O) groups excluding carboxylic acids is 1. The molecule has 7 nitrogen and oxygen atoms in total. The van der Waals surface area contributed by atoms with Gasteiger partial charge in [0.25, 0.3) is 5.91 Å². The van der Waals surface area contributed by atoms with E-state index in [9.17, 15) is 4.79 Å². The van der Waals surface area contributed by atoms with Gasteiger partial charge in [-0.2, -0.15) is 5.10 Å². The molecule has 3 heterocycles. The van der Waals surface area contributed by atoms with Gasteiger partial charge in [-0.05, 0) is 55.5 Å². The van der Waals surface area contributed by atoms with Gasteiger partial charge in [0.1, 0.15) is 11.9 Å². The molecular weight excluding hydrogens is 404 g/mol. The van der Waals surface area contributed by atoms with Crippen molar-refractivity contribution in [2.75, 3.05) is 13.2 Å². The van der Waals surface area contributed by atoms with Crippen molar-refractivity contribution in [1.29, 1.82) is 0 Å². The van der Waals surface area contributed by atoms with Crippen LogP contribution >= 0.6 is 0 Å². The first kappa shape index (κ1) is 20.7. The number of hydrogen-bond acceptors (Lipinski definition) is 5. The molecule has 5 rings (SSSR count). The second-order valence-corrected chi connectivity index (χ2v) is 8.47. The SMILES string of the molecule is O=C(c1n[nH]c2c1CCCC2)N(Cc1ccc(O[C@@H]2CCOC2)cc1)Cc1ccccn1. The number of benzene rings is 1. The Labute approximate surface area is 187 Å². The van der Waals surface area contributed by atoms with Crippen LogP contribution in [0.2, 0.25) is 0 Å². The van der Waals surface area contributed by atoms with Gasteiger partial charge >= 0.3 is 0 Å². The summed E-state index contributed by atoms with van der Waals surface area (Å²) in [5.41, 5.74) is 4.63. The highest BCUT2D eigenvalue weighted by atomic mass is 16.5. The number of H-pyrrole nitrogens is 1. The molecule has 166 valence electrons. The molecule has 2 aromatic heterocycles. The molecule has 0 radical (unpaired) electrons. The van der Waals surface area contributed by atoms with Crippen LogP contribution in [-0.4, -0.2) is 45.3 Å². The van der Waals surface area contributed by atoms with Crippen molar-refractivity contribution in [3.63, 3.8) is 0 Å². The summed E-state index contributed by atoms with van der Waals surface area (Å²) in [5.74, 6) is 0.770. The lowest BCUT2D eigenvalue weighted by atomic mass is 9.95. The molecule has 1 amide bonds. The monoisotopic (exact) mass is 432 g/mol. The van der Waals surface area contributed by atoms with Crippen LogP contribution in [0.1, 0.15) is 52.3 Å². The number of carbonyl (C=O) groups is 1. The summed E-state index contributed by atoms with van der Waals surface area (Å²) >= 11 is 0. The molecule has 3 aromatic rings. The summed E-state index contributed by atoms with van der Waals surface area (Å²) in [6.45, 7) is 2.30. The van der Waals surface area contributed by atoms with Gasteiger partial charge in [-0.1, -0.05) is 18.2 Å². The van der Waals surface area contributed by atoms with Crippen molar-refractivity contribution < 1.29 is 14.3 Å². The molecule has 1 aromatic carbocycles. The fourth-order valence-corrected chi connectivity index (χ4v) is 4.39. The highest BCUT2D eigenvalue weighted by Gasteiger charge is 2.26. The fraction of sp³-hybridized carbons (Fsp3) is 0.400. The molecule has 1 N–H and O–H groups in total. The largest absolute Gasteiger partial charge is 0.488 e. The Bertz CT molecular complexity index is 1040. The third-order valence-corrected chi connectivity index (χ3v) is 6.11. The molecule has 1 atom stereocenters. The first-order chi connectivity index (χ1) is 15.8. The van der Waals surface area contributed by atoms with Crippen LogP contribution in [0.3, 0.4) is 0 Å². The van der Waals surface area contributed by atoms with Crippen LogP contribution in [0.15, 0.2) is 48.7 Å². The van der Waals surface area contributed by atoms with Crippen LogP contribution in [-0.2, 0) is 30.7 Å². The zero-order valence-corrected chi connectivity index (χ0v) is 18.1. The first-order valence-electron chi connectivity index (χ1n) is 11.3. The van der Waals surface area contributed by atoms with E-state index in [4.69, 9.17) is 9.47 Å². The van der Waals surface area contributed by atoms with E-state index in [1.54, 1.807) is 6.20 Å². The van der Waals surface area contributed by atoms with Crippen LogP contribution < -0.4 is 4.74 Å². The second kappa shape index (κ2) is 9.53. The van der Waals surface area contributed by atoms with Gasteiger partial charge in [0.15, 0.2) is 5.69 Å². The Morgan fingerprint density at radius 2 is 2.00 bits per heavy atom. The molecule has 0 bridgehead atoms. The molecule has 1 aliphatic heterocycles. The lowest BCUT2D eigenvalue weighted by Crippen LogP contribution is -2.31. The van der Waals surface area contributed by atoms with Gasteiger partial charge in [0.05, 0.1) is 25.5 Å². The van der Waals surface area contributed by atoms with E-state index >= 15 is 0 Å². The maximum absolute atomic E-state index is 13.6. The fourth-order valence-electron chi connectivity index (χ4n) is 4.39. The predicted molar refractivity (Wildman–Crippen MR) is 119 cm³/mol. The quantitative estimate of drug-likeness (QED) is 0.616. The minimum atomic E-state index is -0.0570. The number of ether oxygens (including phenoxy) is 2. The molecule has 0 saturated carbocycles. The zero-order chi connectivity index (χ0) is 21.8. The summed E-state index contributed by atoms with van der Waals surface area (Å²) in [7, 11) is 0. The molecule has 0 spiro atoms. The second-order valence-electron chi connectivity index (χ2n) is 8.47. The molecule has 7 heteroatoms. The maximum Gasteiger partial charge on any atom is 0.275 e. The number of nitrogens with one attached hydrogen (secondary N) is 1. The summed E-state index contributed by atoms with van der Waals surface area (Å²) in [5, 5.41) is 7.50. The van der Waals surface area contributed by atoms with Gasteiger partial charge < -0.3 is 14.4 Å². The average Bonchev–Trinajstić information content (AvgIpc) is 3.50. The van der Waals surface area contributed by atoms with E-state index in [2.05, 4.69) is 15.2 Å². The van der Waals surface area contributed by atoms with Crippen molar-refractivity contribution in [3.05, 3.63) is 76.9 Å². The van der Waals surface area contributed by atoms with E-state index in [-0.39, 0.29) is 12.0 Å². The van der Waals surface area contributed by atoms with Gasteiger partial charge in [-0.15, -0.1) is 0 Å². The normalized spacial score (nSPS) is 17.7. The van der Waals surface area contributed by atoms with Gasteiger partial charge in [0.2, 0.25) is 0 Å². The number of rotatable bonds is 7. The van der Waals surface area contributed by atoms with Gasteiger partial charge in [-0.3, -0.25) is 14.9 Å². The molecule has 1 aliphatic carbocycles. The van der Waals surface area contributed by atoms with E-state index in [1.807, 2.05) is 47.4 Å². The maximum atomic E-state index is 13.6.